The number of H-pyrrole nitrogens is 1. The number of guanidine groups is 1. The van der Waals surface area contributed by atoms with Crippen molar-refractivity contribution in [2.45, 2.75) is 25.3 Å². The van der Waals surface area contributed by atoms with Crippen LogP contribution >= 0.6 is 24.0 Å². The van der Waals surface area contributed by atoms with Gasteiger partial charge in [-0.1, -0.05) is 0 Å². The second-order valence-electron chi connectivity index (χ2n) is 6.96. The molecule has 1 fully saturated rings. The Morgan fingerprint density at radius 1 is 1.39 bits per heavy atom. The van der Waals surface area contributed by atoms with E-state index in [0.29, 0.717) is 6.04 Å². The van der Waals surface area contributed by atoms with Crippen molar-refractivity contribution in [2.24, 2.45) is 4.99 Å². The Kier molecular flexibility index (Phi) is 9.46. The molecule has 3 N–H and O–H groups in total. The first-order chi connectivity index (χ1) is 13.2. The van der Waals surface area contributed by atoms with Gasteiger partial charge in [0.05, 0.1) is 6.61 Å². The summed E-state index contributed by atoms with van der Waals surface area (Å²) in [4.78, 5) is 9.99. The number of aromatic amines is 1. The van der Waals surface area contributed by atoms with Crippen LogP contribution in [0.5, 0.6) is 0 Å². The van der Waals surface area contributed by atoms with Gasteiger partial charge in [0.15, 0.2) is 5.96 Å². The highest BCUT2D eigenvalue weighted by Crippen LogP contribution is 2.19. The van der Waals surface area contributed by atoms with Crippen LogP contribution in [0.15, 0.2) is 29.4 Å². The summed E-state index contributed by atoms with van der Waals surface area (Å²) in [7, 11) is 3.53. The molecule has 0 spiro atoms. The molecular formula is C20H31FIN5O. The molecule has 1 aromatic heterocycles. The Bertz CT molecular complexity index is 766. The van der Waals surface area contributed by atoms with E-state index >= 15 is 0 Å². The maximum atomic E-state index is 13.5. The van der Waals surface area contributed by atoms with E-state index in [9.17, 15) is 4.39 Å². The number of rotatable bonds is 8. The van der Waals surface area contributed by atoms with E-state index in [1.54, 1.807) is 26.3 Å². The first-order valence-corrected chi connectivity index (χ1v) is 9.64. The molecule has 1 aromatic carbocycles. The van der Waals surface area contributed by atoms with Crippen molar-refractivity contribution >= 4 is 40.8 Å². The highest BCUT2D eigenvalue weighted by atomic mass is 127. The normalized spacial score (nSPS) is 17.7. The molecule has 0 aliphatic carbocycles. The summed E-state index contributed by atoms with van der Waals surface area (Å²) in [6, 6.07) is 5.36. The zero-order valence-electron chi connectivity index (χ0n) is 16.6. The molecule has 0 radical (unpaired) electrons. The number of fused-ring (bicyclic) bond motifs is 1. The van der Waals surface area contributed by atoms with E-state index in [1.165, 1.54) is 18.9 Å². The molecule has 1 aliphatic rings. The summed E-state index contributed by atoms with van der Waals surface area (Å²) in [5.74, 6) is 0.600. The minimum atomic E-state index is -0.205. The minimum absolute atomic E-state index is 0. The molecule has 0 saturated carbocycles. The summed E-state index contributed by atoms with van der Waals surface area (Å²) in [5.41, 5.74) is 2.07. The monoisotopic (exact) mass is 503 g/mol. The summed E-state index contributed by atoms with van der Waals surface area (Å²) in [6.07, 6.45) is 5.19. The number of ether oxygens (including phenoxy) is 1. The quantitative estimate of drug-likeness (QED) is 0.295. The fraction of sp³-hybridized carbons (Fsp3) is 0.550. The van der Waals surface area contributed by atoms with Crippen LogP contribution in [0.25, 0.3) is 10.9 Å². The lowest BCUT2D eigenvalue weighted by Crippen LogP contribution is -2.45. The topological polar surface area (TPSA) is 64.7 Å². The first kappa shape index (κ1) is 22.9. The van der Waals surface area contributed by atoms with Crippen LogP contribution in [0.2, 0.25) is 0 Å². The minimum Gasteiger partial charge on any atom is -0.383 e. The van der Waals surface area contributed by atoms with Gasteiger partial charge < -0.3 is 20.4 Å². The van der Waals surface area contributed by atoms with Crippen molar-refractivity contribution in [2.75, 3.05) is 46.9 Å². The third kappa shape index (κ3) is 6.05. The summed E-state index contributed by atoms with van der Waals surface area (Å²) in [6.45, 7) is 4.50. The molecule has 0 bridgehead atoms. The van der Waals surface area contributed by atoms with E-state index in [4.69, 9.17) is 4.74 Å². The van der Waals surface area contributed by atoms with Crippen molar-refractivity contribution in [1.29, 1.82) is 0 Å². The molecule has 28 heavy (non-hydrogen) atoms. The van der Waals surface area contributed by atoms with Crippen LogP contribution in [0.1, 0.15) is 18.4 Å². The number of methoxy groups -OCH3 is 1. The van der Waals surface area contributed by atoms with Crippen LogP contribution in [0, 0.1) is 5.82 Å². The van der Waals surface area contributed by atoms with E-state index in [2.05, 4.69) is 25.5 Å². The van der Waals surface area contributed by atoms with Gasteiger partial charge in [-0.2, -0.15) is 0 Å². The number of nitrogens with one attached hydrogen (secondary N) is 3. The largest absolute Gasteiger partial charge is 0.383 e. The Hall–Kier alpha value is -1.39. The third-order valence-electron chi connectivity index (χ3n) is 5.23. The second kappa shape index (κ2) is 11.6. The average molecular weight is 503 g/mol. The SMILES string of the molecule is CN=C(NCCc1c[nH]c2ccc(F)cc12)NCC1CCCN1CCOC.I. The molecule has 1 unspecified atom stereocenters. The van der Waals surface area contributed by atoms with Crippen molar-refractivity contribution in [1.82, 2.24) is 20.5 Å². The zero-order chi connectivity index (χ0) is 19.1. The molecule has 2 aromatic rings. The number of aliphatic imine (C=N–C) groups is 1. The standard InChI is InChI=1S/C20H30FN5O.HI/c1-22-20(25-14-17-4-3-9-26(17)10-11-27-2)23-8-7-15-13-24-19-6-5-16(21)12-18(15)19;/h5-6,12-13,17,24H,3-4,7-11,14H2,1-2H3,(H2,22,23,25);1H. The number of hydrogen-bond acceptors (Lipinski definition) is 3. The summed E-state index contributed by atoms with van der Waals surface area (Å²) in [5, 5.41) is 7.73. The predicted molar refractivity (Wildman–Crippen MR) is 123 cm³/mol. The number of likely N-dealkylation sites (tertiary alicyclic amines) is 1. The smallest absolute Gasteiger partial charge is 0.191 e. The fourth-order valence-corrected chi connectivity index (χ4v) is 3.74. The molecule has 8 heteroatoms. The Labute approximate surface area is 183 Å². The van der Waals surface area contributed by atoms with Crippen LogP contribution in [-0.2, 0) is 11.2 Å². The number of benzene rings is 1. The van der Waals surface area contributed by atoms with Gasteiger partial charge in [-0.25, -0.2) is 4.39 Å². The molecule has 1 atom stereocenters. The highest BCUT2D eigenvalue weighted by Gasteiger charge is 2.23. The average Bonchev–Trinajstić information content (AvgIpc) is 3.29. The zero-order valence-corrected chi connectivity index (χ0v) is 19.0. The van der Waals surface area contributed by atoms with Crippen LogP contribution in [0.3, 0.4) is 0 Å². The fourth-order valence-electron chi connectivity index (χ4n) is 3.74. The number of hydrogen-bond donors (Lipinski definition) is 3. The highest BCUT2D eigenvalue weighted by molar-refractivity contribution is 14.0. The lowest BCUT2D eigenvalue weighted by molar-refractivity contribution is 0.141. The van der Waals surface area contributed by atoms with Gasteiger partial charge in [-0.05, 0) is 49.6 Å². The van der Waals surface area contributed by atoms with Crippen molar-refractivity contribution in [3.8, 4) is 0 Å². The van der Waals surface area contributed by atoms with Gasteiger partial charge in [0.2, 0.25) is 0 Å². The maximum absolute atomic E-state index is 13.5. The van der Waals surface area contributed by atoms with E-state index in [1.807, 2.05) is 6.20 Å². The lowest BCUT2D eigenvalue weighted by atomic mass is 10.1. The molecule has 156 valence electrons. The first-order valence-electron chi connectivity index (χ1n) is 9.64. The van der Waals surface area contributed by atoms with E-state index < -0.39 is 0 Å². The summed E-state index contributed by atoms with van der Waals surface area (Å²) >= 11 is 0. The van der Waals surface area contributed by atoms with E-state index in [0.717, 1.165) is 61.6 Å². The Morgan fingerprint density at radius 3 is 3.04 bits per heavy atom. The van der Waals surface area contributed by atoms with Crippen molar-refractivity contribution in [3.05, 3.63) is 35.8 Å². The van der Waals surface area contributed by atoms with Gasteiger partial charge in [0.25, 0.3) is 0 Å². The molecule has 1 saturated heterocycles. The Morgan fingerprint density at radius 2 is 2.25 bits per heavy atom. The Balaban J connectivity index is 0.00000280. The summed E-state index contributed by atoms with van der Waals surface area (Å²) < 4.78 is 18.7. The molecule has 2 heterocycles. The van der Waals surface area contributed by atoms with Crippen LogP contribution in [0.4, 0.5) is 4.39 Å². The van der Waals surface area contributed by atoms with Gasteiger partial charge in [-0.15, -0.1) is 24.0 Å². The second-order valence-corrected chi connectivity index (χ2v) is 6.96. The van der Waals surface area contributed by atoms with E-state index in [-0.39, 0.29) is 29.8 Å². The maximum Gasteiger partial charge on any atom is 0.191 e. The van der Waals surface area contributed by atoms with Gasteiger partial charge >= 0.3 is 0 Å². The van der Waals surface area contributed by atoms with Crippen molar-refractivity contribution in [3.63, 3.8) is 0 Å². The number of aromatic nitrogens is 1. The predicted octanol–water partition coefficient (Wildman–Crippen LogP) is 2.74. The van der Waals surface area contributed by atoms with Gasteiger partial charge in [0.1, 0.15) is 5.82 Å². The van der Waals surface area contributed by atoms with Crippen molar-refractivity contribution < 1.29 is 9.13 Å². The third-order valence-corrected chi connectivity index (χ3v) is 5.23. The number of halogens is 2. The lowest BCUT2D eigenvalue weighted by Gasteiger charge is -2.25. The van der Waals surface area contributed by atoms with Crippen LogP contribution in [-0.4, -0.2) is 68.8 Å². The molecule has 6 nitrogen and oxygen atoms in total. The van der Waals surface area contributed by atoms with Gasteiger partial charge in [0, 0.05) is 56.9 Å². The molecule has 3 rings (SSSR count). The molecule has 1 aliphatic heterocycles. The molecular weight excluding hydrogens is 472 g/mol. The van der Waals surface area contributed by atoms with Crippen LogP contribution < -0.4 is 10.6 Å². The molecule has 0 amide bonds. The van der Waals surface area contributed by atoms with Gasteiger partial charge in [-0.3, -0.25) is 9.89 Å². The number of nitrogens with zero attached hydrogens (tertiary/aromatic N) is 2.